The minimum Gasteiger partial charge on any atom is -0.443 e. The average molecular weight is 379 g/mol. The summed E-state index contributed by atoms with van der Waals surface area (Å²) in [6, 6.07) is 22.2. The van der Waals surface area contributed by atoms with Crippen LogP contribution in [-0.2, 0) is 0 Å². The highest BCUT2D eigenvalue weighted by Gasteiger charge is 2.11. The second kappa shape index (κ2) is 8.24. The molecule has 2 aromatic carbocycles. The van der Waals surface area contributed by atoms with E-state index in [1.165, 1.54) is 0 Å². The molecule has 140 valence electrons. The Hall–Kier alpha value is -4.17. The second-order valence-electron chi connectivity index (χ2n) is 6.30. The number of hydrogen-bond acceptors (Lipinski definition) is 4. The number of carbonyl (C=O) groups is 1. The van der Waals surface area contributed by atoms with Crippen molar-refractivity contribution in [3.05, 3.63) is 102 Å². The quantitative estimate of drug-likeness (QED) is 0.524. The molecule has 0 spiro atoms. The maximum Gasteiger partial charge on any atom is 0.291 e. The molecular formula is C24H17N3O2. The van der Waals surface area contributed by atoms with E-state index in [1.807, 2.05) is 67.6 Å². The molecule has 1 amide bonds. The van der Waals surface area contributed by atoms with Crippen LogP contribution in [0.15, 0.2) is 83.4 Å². The van der Waals surface area contributed by atoms with Gasteiger partial charge in [0.1, 0.15) is 5.82 Å². The van der Waals surface area contributed by atoms with Gasteiger partial charge < -0.3 is 9.73 Å². The maximum atomic E-state index is 12.5. The van der Waals surface area contributed by atoms with E-state index in [0.29, 0.717) is 17.3 Å². The Morgan fingerprint density at radius 3 is 2.66 bits per heavy atom. The molecule has 4 rings (SSSR count). The number of rotatable bonds is 3. The number of carbonyl (C=O) groups excluding carboxylic acids is 1. The van der Waals surface area contributed by atoms with E-state index in [-0.39, 0.29) is 11.7 Å². The maximum absolute atomic E-state index is 12.5. The van der Waals surface area contributed by atoms with Gasteiger partial charge in [-0.3, -0.25) is 4.79 Å². The van der Waals surface area contributed by atoms with Crippen molar-refractivity contribution in [3.63, 3.8) is 0 Å². The SMILES string of the molecule is Cc1nccc(-c2cccc(NC(=O)c3ccc(C#Cc4ccccc4)o3)c2)n1. The lowest BCUT2D eigenvalue weighted by atomic mass is 10.1. The molecule has 0 aliphatic rings. The van der Waals surface area contributed by atoms with Crippen LogP contribution in [0, 0.1) is 18.8 Å². The minimum absolute atomic E-state index is 0.200. The van der Waals surface area contributed by atoms with Crippen LogP contribution >= 0.6 is 0 Å². The van der Waals surface area contributed by atoms with E-state index in [2.05, 4.69) is 27.1 Å². The highest BCUT2D eigenvalue weighted by Crippen LogP contribution is 2.21. The molecule has 1 N–H and O–H groups in total. The van der Waals surface area contributed by atoms with Gasteiger partial charge in [-0.05, 0) is 55.3 Å². The first-order valence-electron chi connectivity index (χ1n) is 9.06. The Morgan fingerprint density at radius 2 is 1.83 bits per heavy atom. The highest BCUT2D eigenvalue weighted by atomic mass is 16.3. The lowest BCUT2D eigenvalue weighted by molar-refractivity contribution is 0.0996. The van der Waals surface area contributed by atoms with Crippen molar-refractivity contribution in [1.29, 1.82) is 0 Å². The van der Waals surface area contributed by atoms with E-state index in [1.54, 1.807) is 18.3 Å². The standard InChI is InChI=1S/C24H17N3O2/c1-17-25-15-14-22(26-17)19-8-5-9-20(16-19)27-24(28)23-13-12-21(29-23)11-10-18-6-3-2-4-7-18/h2-9,12-16H,1H3,(H,27,28). The Morgan fingerprint density at radius 1 is 0.966 bits per heavy atom. The molecule has 0 aliphatic carbocycles. The van der Waals surface area contributed by atoms with Gasteiger partial charge in [0.2, 0.25) is 0 Å². The summed E-state index contributed by atoms with van der Waals surface area (Å²) < 4.78 is 5.56. The van der Waals surface area contributed by atoms with Gasteiger partial charge in [0.25, 0.3) is 5.91 Å². The molecule has 0 fully saturated rings. The van der Waals surface area contributed by atoms with E-state index in [0.717, 1.165) is 16.8 Å². The van der Waals surface area contributed by atoms with Gasteiger partial charge in [0.15, 0.2) is 11.5 Å². The van der Waals surface area contributed by atoms with Crippen LogP contribution in [0.5, 0.6) is 0 Å². The fourth-order valence-electron chi connectivity index (χ4n) is 2.75. The van der Waals surface area contributed by atoms with Crippen LogP contribution < -0.4 is 5.32 Å². The van der Waals surface area contributed by atoms with Crippen molar-refractivity contribution in [2.75, 3.05) is 5.32 Å². The fraction of sp³-hybridized carbons (Fsp3) is 0.0417. The summed E-state index contributed by atoms with van der Waals surface area (Å²) in [4.78, 5) is 21.0. The second-order valence-corrected chi connectivity index (χ2v) is 6.30. The molecule has 5 heteroatoms. The molecule has 4 aromatic rings. The number of furan rings is 1. The van der Waals surface area contributed by atoms with Gasteiger partial charge in [-0.15, -0.1) is 0 Å². The number of benzene rings is 2. The molecule has 29 heavy (non-hydrogen) atoms. The molecule has 0 aliphatic heterocycles. The molecule has 0 saturated carbocycles. The number of aryl methyl sites for hydroxylation is 1. The molecule has 2 aromatic heterocycles. The molecule has 0 radical (unpaired) electrons. The van der Waals surface area contributed by atoms with Gasteiger partial charge in [-0.1, -0.05) is 36.3 Å². The van der Waals surface area contributed by atoms with Crippen LogP contribution in [0.3, 0.4) is 0 Å². The smallest absolute Gasteiger partial charge is 0.291 e. The Balaban J connectivity index is 1.48. The van der Waals surface area contributed by atoms with Crippen LogP contribution in [0.25, 0.3) is 11.3 Å². The molecule has 0 saturated heterocycles. The lowest BCUT2D eigenvalue weighted by Crippen LogP contribution is -2.10. The molecule has 0 unspecified atom stereocenters. The zero-order valence-electron chi connectivity index (χ0n) is 15.7. The van der Waals surface area contributed by atoms with Crippen molar-refractivity contribution in [3.8, 4) is 23.1 Å². The number of nitrogens with zero attached hydrogens (tertiary/aromatic N) is 2. The van der Waals surface area contributed by atoms with E-state index >= 15 is 0 Å². The normalized spacial score (nSPS) is 10.1. The van der Waals surface area contributed by atoms with Crippen molar-refractivity contribution in [1.82, 2.24) is 9.97 Å². The predicted molar refractivity (Wildman–Crippen MR) is 111 cm³/mol. The summed E-state index contributed by atoms with van der Waals surface area (Å²) >= 11 is 0. The van der Waals surface area contributed by atoms with Crippen molar-refractivity contribution in [2.45, 2.75) is 6.92 Å². The zero-order chi connectivity index (χ0) is 20.1. The van der Waals surface area contributed by atoms with Crippen LogP contribution in [-0.4, -0.2) is 15.9 Å². The van der Waals surface area contributed by atoms with Crippen LogP contribution in [0.4, 0.5) is 5.69 Å². The number of nitrogens with one attached hydrogen (secondary N) is 1. The first kappa shape index (κ1) is 18.2. The van der Waals surface area contributed by atoms with Crippen LogP contribution in [0.1, 0.15) is 27.7 Å². The Kier molecular flexibility index (Phi) is 5.17. The third-order valence-corrected chi connectivity index (χ3v) is 4.13. The minimum atomic E-state index is -0.339. The van der Waals surface area contributed by atoms with E-state index < -0.39 is 0 Å². The summed E-state index contributed by atoms with van der Waals surface area (Å²) in [6.45, 7) is 1.84. The molecule has 5 nitrogen and oxygen atoms in total. The number of anilines is 1. The van der Waals surface area contributed by atoms with Gasteiger partial charge in [0, 0.05) is 23.0 Å². The first-order chi connectivity index (χ1) is 14.2. The lowest BCUT2D eigenvalue weighted by Gasteiger charge is -2.06. The summed E-state index contributed by atoms with van der Waals surface area (Å²) in [5.74, 6) is 6.92. The molecular weight excluding hydrogens is 362 g/mol. The molecule has 0 bridgehead atoms. The fourth-order valence-corrected chi connectivity index (χ4v) is 2.75. The van der Waals surface area contributed by atoms with Crippen molar-refractivity contribution < 1.29 is 9.21 Å². The zero-order valence-corrected chi connectivity index (χ0v) is 15.7. The summed E-state index contributed by atoms with van der Waals surface area (Å²) in [5, 5.41) is 2.85. The molecule has 2 heterocycles. The number of hydrogen-bond donors (Lipinski definition) is 1. The third-order valence-electron chi connectivity index (χ3n) is 4.13. The van der Waals surface area contributed by atoms with Gasteiger partial charge >= 0.3 is 0 Å². The topological polar surface area (TPSA) is 68.0 Å². The number of aromatic nitrogens is 2. The predicted octanol–water partition coefficient (Wildman–Crippen LogP) is 4.70. The largest absolute Gasteiger partial charge is 0.443 e. The molecule has 0 atom stereocenters. The third kappa shape index (κ3) is 4.57. The average Bonchev–Trinajstić information content (AvgIpc) is 3.23. The monoisotopic (exact) mass is 379 g/mol. The van der Waals surface area contributed by atoms with E-state index in [4.69, 9.17) is 4.42 Å². The van der Waals surface area contributed by atoms with Gasteiger partial charge in [-0.2, -0.15) is 0 Å². The highest BCUT2D eigenvalue weighted by molar-refractivity contribution is 6.02. The summed E-state index contributed by atoms with van der Waals surface area (Å²) in [6.07, 6.45) is 1.71. The van der Waals surface area contributed by atoms with Gasteiger partial charge in [-0.25, -0.2) is 9.97 Å². The number of amides is 1. The van der Waals surface area contributed by atoms with Crippen molar-refractivity contribution in [2.24, 2.45) is 0 Å². The summed E-state index contributed by atoms with van der Waals surface area (Å²) in [7, 11) is 0. The Bertz CT molecular complexity index is 1220. The van der Waals surface area contributed by atoms with Crippen LogP contribution in [0.2, 0.25) is 0 Å². The summed E-state index contributed by atoms with van der Waals surface area (Å²) in [5.41, 5.74) is 3.22. The Labute approximate surface area is 168 Å². The first-order valence-corrected chi connectivity index (χ1v) is 9.06. The van der Waals surface area contributed by atoms with Gasteiger partial charge in [0.05, 0.1) is 5.69 Å². The van der Waals surface area contributed by atoms with Crippen molar-refractivity contribution >= 4 is 11.6 Å². The van der Waals surface area contributed by atoms with E-state index in [9.17, 15) is 4.79 Å².